The summed E-state index contributed by atoms with van der Waals surface area (Å²) in [5, 5.41) is 2.89. The van der Waals surface area contributed by atoms with E-state index in [9.17, 15) is 13.2 Å². The van der Waals surface area contributed by atoms with Crippen molar-refractivity contribution in [2.75, 3.05) is 18.1 Å². The Morgan fingerprint density at radius 1 is 1.32 bits per heavy atom. The third-order valence-electron chi connectivity index (χ3n) is 4.59. The lowest BCUT2D eigenvalue weighted by atomic mass is 9.68. The van der Waals surface area contributed by atoms with Crippen LogP contribution in [0.15, 0.2) is 0 Å². The highest BCUT2D eigenvalue weighted by molar-refractivity contribution is 7.91. The first-order valence-corrected chi connectivity index (χ1v) is 8.68. The molecule has 19 heavy (non-hydrogen) atoms. The predicted molar refractivity (Wildman–Crippen MR) is 69.1 cm³/mol. The van der Waals surface area contributed by atoms with Gasteiger partial charge < -0.3 is 15.8 Å². The van der Waals surface area contributed by atoms with Crippen molar-refractivity contribution in [3.63, 3.8) is 0 Å². The Hall–Kier alpha value is -0.660. The maximum absolute atomic E-state index is 12.1. The molecule has 3 rings (SSSR count). The summed E-state index contributed by atoms with van der Waals surface area (Å²) in [5.41, 5.74) is 6.06. The van der Waals surface area contributed by atoms with E-state index in [2.05, 4.69) is 5.32 Å². The average molecular weight is 288 g/mol. The highest BCUT2D eigenvalue weighted by atomic mass is 32.2. The topological polar surface area (TPSA) is 98.5 Å². The summed E-state index contributed by atoms with van der Waals surface area (Å²) in [4.78, 5) is 12.1. The average Bonchev–Trinajstić information content (AvgIpc) is 2.75. The first kappa shape index (κ1) is 13.3. The molecule has 5 atom stereocenters. The standard InChI is InChI=1S/C12H20N2O4S/c13-9-8-2-1-4-18-11(8)10(9)14-12(15)7-3-5-19(16,17)6-7/h7-11H,1-6,13H2,(H,14,15). The van der Waals surface area contributed by atoms with E-state index in [-0.39, 0.29) is 35.6 Å². The molecule has 0 spiro atoms. The van der Waals surface area contributed by atoms with Gasteiger partial charge in [0.05, 0.1) is 29.6 Å². The third-order valence-corrected chi connectivity index (χ3v) is 6.36. The minimum absolute atomic E-state index is 0.0192. The monoisotopic (exact) mass is 288 g/mol. The summed E-state index contributed by atoms with van der Waals surface area (Å²) >= 11 is 0. The van der Waals surface area contributed by atoms with Crippen molar-refractivity contribution >= 4 is 15.7 Å². The zero-order chi connectivity index (χ0) is 13.6. The van der Waals surface area contributed by atoms with Crippen LogP contribution >= 0.6 is 0 Å². The largest absolute Gasteiger partial charge is 0.376 e. The van der Waals surface area contributed by atoms with Crippen LogP contribution < -0.4 is 11.1 Å². The molecule has 0 bridgehead atoms. The second kappa shape index (κ2) is 4.71. The minimum Gasteiger partial charge on any atom is -0.376 e. The van der Waals surface area contributed by atoms with E-state index in [4.69, 9.17) is 10.5 Å². The molecular weight excluding hydrogens is 268 g/mol. The van der Waals surface area contributed by atoms with Crippen LogP contribution in [0.1, 0.15) is 19.3 Å². The second-order valence-corrected chi connectivity index (χ2v) is 8.08. The van der Waals surface area contributed by atoms with Crippen molar-refractivity contribution in [1.82, 2.24) is 5.32 Å². The molecule has 0 aromatic rings. The van der Waals surface area contributed by atoms with Crippen molar-refractivity contribution in [3.05, 3.63) is 0 Å². The molecule has 2 heterocycles. The van der Waals surface area contributed by atoms with Crippen molar-refractivity contribution < 1.29 is 17.9 Å². The third kappa shape index (κ3) is 2.39. The molecule has 7 heteroatoms. The van der Waals surface area contributed by atoms with Crippen LogP contribution in [0.5, 0.6) is 0 Å². The first-order valence-electron chi connectivity index (χ1n) is 6.86. The number of nitrogens with two attached hydrogens (primary N) is 1. The molecule has 5 unspecified atom stereocenters. The van der Waals surface area contributed by atoms with Crippen molar-refractivity contribution in [3.8, 4) is 0 Å². The fourth-order valence-corrected chi connectivity index (χ4v) is 5.15. The number of amides is 1. The van der Waals surface area contributed by atoms with Gasteiger partial charge in [-0.2, -0.15) is 0 Å². The number of rotatable bonds is 2. The van der Waals surface area contributed by atoms with E-state index in [0.29, 0.717) is 12.3 Å². The lowest BCUT2D eigenvalue weighted by molar-refractivity contribution is -0.141. The fraction of sp³-hybridized carbons (Fsp3) is 0.917. The molecule has 3 fully saturated rings. The van der Waals surface area contributed by atoms with Gasteiger partial charge in [-0.15, -0.1) is 0 Å². The van der Waals surface area contributed by atoms with Gasteiger partial charge in [0.15, 0.2) is 9.84 Å². The smallest absolute Gasteiger partial charge is 0.224 e. The molecule has 2 saturated heterocycles. The SMILES string of the molecule is NC1C2CCCOC2C1NC(=O)C1CCS(=O)(=O)C1. The molecule has 1 aliphatic carbocycles. The van der Waals surface area contributed by atoms with E-state index in [0.717, 1.165) is 19.4 Å². The van der Waals surface area contributed by atoms with Crippen LogP contribution in [0.2, 0.25) is 0 Å². The number of hydrogen-bond acceptors (Lipinski definition) is 5. The highest BCUT2D eigenvalue weighted by Crippen LogP contribution is 2.37. The predicted octanol–water partition coefficient (Wildman–Crippen LogP) is -0.958. The van der Waals surface area contributed by atoms with Gasteiger partial charge in [-0.25, -0.2) is 8.42 Å². The highest BCUT2D eigenvalue weighted by Gasteiger charge is 2.51. The number of sulfone groups is 1. The van der Waals surface area contributed by atoms with Gasteiger partial charge in [-0.05, 0) is 19.3 Å². The zero-order valence-corrected chi connectivity index (χ0v) is 11.6. The number of hydrogen-bond donors (Lipinski definition) is 2. The van der Waals surface area contributed by atoms with Crippen molar-refractivity contribution in [2.24, 2.45) is 17.6 Å². The Bertz CT molecular complexity index is 478. The van der Waals surface area contributed by atoms with E-state index in [1.54, 1.807) is 0 Å². The molecule has 3 N–H and O–H groups in total. The Morgan fingerprint density at radius 2 is 2.11 bits per heavy atom. The van der Waals surface area contributed by atoms with E-state index in [1.165, 1.54) is 0 Å². The normalized spacial score (nSPS) is 44.2. The lowest BCUT2D eigenvalue weighted by Gasteiger charge is -2.52. The Morgan fingerprint density at radius 3 is 2.79 bits per heavy atom. The number of fused-ring (bicyclic) bond motifs is 1. The van der Waals surface area contributed by atoms with Gasteiger partial charge >= 0.3 is 0 Å². The van der Waals surface area contributed by atoms with E-state index < -0.39 is 15.8 Å². The van der Waals surface area contributed by atoms with Crippen LogP contribution in [0, 0.1) is 11.8 Å². The van der Waals surface area contributed by atoms with Crippen LogP contribution in [-0.2, 0) is 19.4 Å². The molecule has 0 radical (unpaired) electrons. The summed E-state index contributed by atoms with van der Waals surface area (Å²) < 4.78 is 28.4. The molecule has 3 aliphatic rings. The van der Waals surface area contributed by atoms with Gasteiger partial charge in [0.1, 0.15) is 0 Å². The molecule has 0 aromatic heterocycles. The summed E-state index contributed by atoms with van der Waals surface area (Å²) in [6, 6.07) is -0.214. The van der Waals surface area contributed by atoms with Crippen LogP contribution in [-0.4, -0.2) is 50.6 Å². The molecule has 6 nitrogen and oxygen atoms in total. The summed E-state index contributed by atoms with van der Waals surface area (Å²) in [6.07, 6.45) is 2.52. The van der Waals surface area contributed by atoms with Crippen LogP contribution in [0.25, 0.3) is 0 Å². The van der Waals surface area contributed by atoms with E-state index >= 15 is 0 Å². The minimum atomic E-state index is -3.03. The van der Waals surface area contributed by atoms with Gasteiger partial charge in [-0.3, -0.25) is 4.79 Å². The Labute approximate surface area is 113 Å². The molecule has 1 saturated carbocycles. The van der Waals surface area contributed by atoms with Gasteiger partial charge in [0.25, 0.3) is 0 Å². The second-order valence-electron chi connectivity index (χ2n) is 5.85. The summed E-state index contributed by atoms with van der Waals surface area (Å²) in [6.45, 7) is 0.720. The molecule has 2 aliphatic heterocycles. The first-order chi connectivity index (χ1) is 8.98. The molecule has 0 aromatic carbocycles. The number of nitrogens with one attached hydrogen (secondary N) is 1. The molecular formula is C12H20N2O4S. The van der Waals surface area contributed by atoms with Crippen LogP contribution in [0.3, 0.4) is 0 Å². The van der Waals surface area contributed by atoms with Gasteiger partial charge in [-0.1, -0.05) is 0 Å². The molecule has 108 valence electrons. The number of ether oxygens (including phenoxy) is 1. The quantitative estimate of drug-likeness (QED) is 0.682. The van der Waals surface area contributed by atoms with Crippen LogP contribution in [0.4, 0.5) is 0 Å². The van der Waals surface area contributed by atoms with Gasteiger partial charge in [0, 0.05) is 18.6 Å². The summed E-state index contributed by atoms with van der Waals surface area (Å²) in [7, 11) is -3.03. The Kier molecular flexibility index (Phi) is 3.31. The Balaban J connectivity index is 1.58. The fourth-order valence-electron chi connectivity index (χ4n) is 3.41. The van der Waals surface area contributed by atoms with Crippen molar-refractivity contribution in [1.29, 1.82) is 0 Å². The molecule has 1 amide bonds. The summed E-state index contributed by atoms with van der Waals surface area (Å²) in [5.74, 6) is -0.180. The maximum Gasteiger partial charge on any atom is 0.224 e. The number of carbonyl (C=O) groups excluding carboxylic acids is 1. The van der Waals surface area contributed by atoms with E-state index in [1.807, 2.05) is 0 Å². The lowest BCUT2D eigenvalue weighted by Crippen LogP contribution is -2.72. The van der Waals surface area contributed by atoms with Crippen molar-refractivity contribution in [2.45, 2.75) is 37.5 Å². The maximum atomic E-state index is 12.1. The van der Waals surface area contributed by atoms with Gasteiger partial charge in [0.2, 0.25) is 5.91 Å². The zero-order valence-electron chi connectivity index (χ0n) is 10.7. The number of carbonyl (C=O) groups is 1.